The molecule has 0 radical (unpaired) electrons. The number of hydrogen-bond donors (Lipinski definition) is 0. The predicted octanol–water partition coefficient (Wildman–Crippen LogP) is 4.13. The Morgan fingerprint density at radius 1 is 0.958 bits per heavy atom. The second-order valence-corrected chi connectivity index (χ2v) is 5.00. The number of carbonyl (C=O) groups excluding carboxylic acids is 1. The fourth-order valence-electron chi connectivity index (χ4n) is 2.28. The highest BCUT2D eigenvalue weighted by atomic mass is 16.7. The molecule has 0 N–H and O–H groups in total. The minimum atomic E-state index is -0.730. The summed E-state index contributed by atoms with van der Waals surface area (Å²) in [6.45, 7) is 6.11. The van der Waals surface area contributed by atoms with Crippen molar-refractivity contribution in [2.75, 3.05) is 31.2 Å². The average molecular weight is 329 g/mol. The zero-order chi connectivity index (χ0) is 17.2. The summed E-state index contributed by atoms with van der Waals surface area (Å²) in [5, 5.41) is 0. The number of rotatable bonds is 8. The summed E-state index contributed by atoms with van der Waals surface area (Å²) in [6.07, 6.45) is -0.730. The van der Waals surface area contributed by atoms with Crippen molar-refractivity contribution < 1.29 is 19.0 Å². The van der Waals surface area contributed by atoms with Crippen LogP contribution in [0.15, 0.2) is 54.6 Å². The number of ether oxygens (including phenoxy) is 3. The largest absolute Gasteiger partial charge is 0.514 e. The summed E-state index contributed by atoms with van der Waals surface area (Å²) in [5.74, 6) is 0.885. The van der Waals surface area contributed by atoms with E-state index in [1.165, 1.54) is 0 Å². The van der Waals surface area contributed by atoms with Gasteiger partial charge in [0.25, 0.3) is 0 Å². The van der Waals surface area contributed by atoms with Crippen molar-refractivity contribution in [3.05, 3.63) is 54.6 Å². The van der Waals surface area contributed by atoms with Gasteiger partial charge in [-0.15, -0.1) is 0 Å². The van der Waals surface area contributed by atoms with E-state index in [0.717, 1.165) is 12.2 Å². The Morgan fingerprint density at radius 2 is 1.62 bits per heavy atom. The molecule has 0 heterocycles. The Labute approximate surface area is 142 Å². The molecule has 2 aromatic carbocycles. The molecule has 0 unspecified atom stereocenters. The van der Waals surface area contributed by atoms with E-state index in [1.54, 1.807) is 18.2 Å². The Balaban J connectivity index is 1.83. The second-order valence-electron chi connectivity index (χ2n) is 5.00. The molecule has 2 rings (SSSR count). The summed E-state index contributed by atoms with van der Waals surface area (Å²) in [4.78, 5) is 14.0. The summed E-state index contributed by atoms with van der Waals surface area (Å²) in [7, 11) is 0. The molecule has 0 fully saturated rings. The number of para-hydroxylation sites is 3. The standard InChI is InChI=1S/C19H23NO4/c1-3-20(16-10-6-5-7-11-16)14-15-23-19(21)24-18-13-9-8-12-17(18)22-4-2/h5-13H,3-4,14-15H2,1-2H3. The average Bonchev–Trinajstić information content (AvgIpc) is 2.61. The maximum Gasteiger partial charge on any atom is 0.514 e. The van der Waals surface area contributed by atoms with Crippen molar-refractivity contribution in [3.8, 4) is 11.5 Å². The van der Waals surface area contributed by atoms with Crippen LogP contribution < -0.4 is 14.4 Å². The van der Waals surface area contributed by atoms with E-state index in [2.05, 4.69) is 11.8 Å². The Kier molecular flexibility index (Phi) is 6.95. The van der Waals surface area contributed by atoms with Crippen LogP contribution in [0, 0.1) is 0 Å². The molecule has 24 heavy (non-hydrogen) atoms. The van der Waals surface area contributed by atoms with Gasteiger partial charge in [0.1, 0.15) is 6.61 Å². The molecule has 0 aliphatic heterocycles. The molecule has 0 aromatic heterocycles. The van der Waals surface area contributed by atoms with E-state index >= 15 is 0 Å². The second kappa shape index (κ2) is 9.45. The third kappa shape index (κ3) is 5.19. The zero-order valence-electron chi connectivity index (χ0n) is 14.1. The molecule has 0 aliphatic rings. The minimum absolute atomic E-state index is 0.248. The van der Waals surface area contributed by atoms with E-state index in [1.807, 2.05) is 43.3 Å². The van der Waals surface area contributed by atoms with Gasteiger partial charge < -0.3 is 19.1 Å². The molecule has 0 saturated heterocycles. The molecule has 128 valence electrons. The minimum Gasteiger partial charge on any atom is -0.490 e. The smallest absolute Gasteiger partial charge is 0.490 e. The van der Waals surface area contributed by atoms with Gasteiger partial charge in [0.2, 0.25) is 0 Å². The van der Waals surface area contributed by atoms with Gasteiger partial charge >= 0.3 is 6.16 Å². The van der Waals surface area contributed by atoms with Crippen LogP contribution in [0.4, 0.5) is 10.5 Å². The van der Waals surface area contributed by atoms with Crippen molar-refractivity contribution in [2.24, 2.45) is 0 Å². The lowest BCUT2D eigenvalue weighted by Crippen LogP contribution is -2.28. The molecule has 0 amide bonds. The van der Waals surface area contributed by atoms with Crippen molar-refractivity contribution in [1.29, 1.82) is 0 Å². The first-order chi connectivity index (χ1) is 11.7. The highest BCUT2D eigenvalue weighted by Crippen LogP contribution is 2.26. The highest BCUT2D eigenvalue weighted by molar-refractivity contribution is 5.65. The molecule has 0 bridgehead atoms. The van der Waals surface area contributed by atoms with Gasteiger partial charge in [0.05, 0.1) is 13.2 Å². The Bertz CT molecular complexity index is 630. The van der Waals surface area contributed by atoms with Crippen LogP contribution in [0.2, 0.25) is 0 Å². The van der Waals surface area contributed by atoms with Crippen LogP contribution in [0.5, 0.6) is 11.5 Å². The molecule has 5 heteroatoms. The molecule has 5 nitrogen and oxygen atoms in total. The van der Waals surface area contributed by atoms with Gasteiger partial charge in [-0.05, 0) is 38.1 Å². The van der Waals surface area contributed by atoms with Crippen molar-refractivity contribution in [3.63, 3.8) is 0 Å². The summed E-state index contributed by atoms with van der Waals surface area (Å²) >= 11 is 0. The summed E-state index contributed by atoms with van der Waals surface area (Å²) in [5.41, 5.74) is 1.10. The quantitative estimate of drug-likeness (QED) is 0.538. The summed E-state index contributed by atoms with van der Waals surface area (Å²) in [6, 6.07) is 17.0. The maximum atomic E-state index is 11.9. The monoisotopic (exact) mass is 329 g/mol. The van der Waals surface area contributed by atoms with E-state index in [4.69, 9.17) is 14.2 Å². The van der Waals surface area contributed by atoms with E-state index in [9.17, 15) is 4.79 Å². The van der Waals surface area contributed by atoms with Crippen LogP contribution in [0.3, 0.4) is 0 Å². The lowest BCUT2D eigenvalue weighted by molar-refractivity contribution is 0.0999. The van der Waals surface area contributed by atoms with E-state index in [-0.39, 0.29) is 6.61 Å². The number of likely N-dealkylation sites (N-methyl/N-ethyl adjacent to an activating group) is 1. The first-order valence-electron chi connectivity index (χ1n) is 8.11. The first kappa shape index (κ1) is 17.7. The van der Waals surface area contributed by atoms with Crippen LogP contribution in [0.1, 0.15) is 13.8 Å². The number of anilines is 1. The van der Waals surface area contributed by atoms with Crippen LogP contribution in [0.25, 0.3) is 0 Å². The van der Waals surface area contributed by atoms with Crippen LogP contribution >= 0.6 is 0 Å². The van der Waals surface area contributed by atoms with Crippen LogP contribution in [-0.2, 0) is 4.74 Å². The molecule has 0 aliphatic carbocycles. The highest BCUT2D eigenvalue weighted by Gasteiger charge is 2.12. The third-order valence-corrected chi connectivity index (χ3v) is 3.43. The van der Waals surface area contributed by atoms with Gasteiger partial charge in [0, 0.05) is 12.2 Å². The Hall–Kier alpha value is -2.69. The SMILES string of the molecule is CCOc1ccccc1OC(=O)OCCN(CC)c1ccccc1. The van der Waals surface area contributed by atoms with Gasteiger partial charge in [-0.2, -0.15) is 0 Å². The fourth-order valence-corrected chi connectivity index (χ4v) is 2.28. The normalized spacial score (nSPS) is 10.1. The first-order valence-corrected chi connectivity index (χ1v) is 8.11. The van der Waals surface area contributed by atoms with Gasteiger partial charge in [-0.1, -0.05) is 30.3 Å². The van der Waals surface area contributed by atoms with Crippen molar-refractivity contribution in [1.82, 2.24) is 0 Å². The number of carbonyl (C=O) groups is 1. The van der Waals surface area contributed by atoms with Gasteiger partial charge in [-0.25, -0.2) is 4.79 Å². The Morgan fingerprint density at radius 3 is 2.29 bits per heavy atom. The number of hydrogen-bond acceptors (Lipinski definition) is 5. The van der Waals surface area contributed by atoms with Crippen molar-refractivity contribution >= 4 is 11.8 Å². The fraction of sp³-hybridized carbons (Fsp3) is 0.316. The van der Waals surface area contributed by atoms with E-state index in [0.29, 0.717) is 24.7 Å². The predicted molar refractivity (Wildman–Crippen MR) is 93.9 cm³/mol. The lowest BCUT2D eigenvalue weighted by Gasteiger charge is -2.22. The topological polar surface area (TPSA) is 48.0 Å². The third-order valence-electron chi connectivity index (χ3n) is 3.43. The molecule has 0 saturated carbocycles. The van der Waals surface area contributed by atoms with Gasteiger partial charge in [-0.3, -0.25) is 0 Å². The maximum absolute atomic E-state index is 11.9. The van der Waals surface area contributed by atoms with Gasteiger partial charge in [0.15, 0.2) is 11.5 Å². The van der Waals surface area contributed by atoms with Crippen LogP contribution in [-0.4, -0.2) is 32.5 Å². The van der Waals surface area contributed by atoms with E-state index < -0.39 is 6.16 Å². The molecular formula is C19H23NO4. The molecule has 2 aromatic rings. The zero-order valence-corrected chi connectivity index (χ0v) is 14.1. The number of benzene rings is 2. The molecule has 0 atom stereocenters. The lowest BCUT2D eigenvalue weighted by atomic mass is 10.3. The van der Waals surface area contributed by atoms with Crippen molar-refractivity contribution in [2.45, 2.75) is 13.8 Å². The number of nitrogens with zero attached hydrogens (tertiary/aromatic N) is 1. The molecular weight excluding hydrogens is 306 g/mol. The summed E-state index contributed by atoms with van der Waals surface area (Å²) < 4.78 is 15.8. The molecule has 0 spiro atoms.